The quantitative estimate of drug-likeness (QED) is 0.164. The number of nitrogen functional groups attached to an aromatic ring is 1. The van der Waals surface area contributed by atoms with Gasteiger partial charge in [0.15, 0.2) is 11.5 Å². The molecule has 1 unspecified atom stereocenters. The van der Waals surface area contributed by atoms with E-state index in [0.717, 1.165) is 11.1 Å². The number of non-ortho nitro benzene ring substituents is 1. The Morgan fingerprint density at radius 1 is 1.41 bits per heavy atom. The number of aromatic nitrogens is 2. The molecule has 3 aromatic rings. The van der Waals surface area contributed by atoms with Gasteiger partial charge in [-0.25, -0.2) is 4.99 Å². The van der Waals surface area contributed by atoms with Crippen LogP contribution in [0, 0.1) is 17.0 Å². The van der Waals surface area contributed by atoms with Gasteiger partial charge in [0.25, 0.3) is 11.6 Å². The number of nitrogens with zero attached hydrogens (tertiary/aromatic N) is 4. The van der Waals surface area contributed by atoms with Gasteiger partial charge in [-0.15, -0.1) is 0 Å². The summed E-state index contributed by atoms with van der Waals surface area (Å²) in [4.78, 5) is 42.6. The third kappa shape index (κ3) is 3.62. The molecule has 0 radical (unpaired) electrons. The number of aliphatic hydroxyl groups is 1. The monoisotopic (exact) mass is 462 g/mol. The molecule has 12 nitrogen and oxygen atoms in total. The molecular weight excluding hydrogens is 444 g/mol. The molecule has 1 amide bonds. The number of nitro benzene ring substituents is 1. The fourth-order valence-electron chi connectivity index (χ4n) is 3.69. The second kappa shape index (κ2) is 8.50. The highest BCUT2D eigenvalue weighted by Crippen LogP contribution is 2.41. The Kier molecular flexibility index (Phi) is 5.55. The van der Waals surface area contributed by atoms with E-state index in [1.165, 1.54) is 36.5 Å². The number of amidine groups is 1. The molecule has 1 atom stereocenters. The number of nitro groups is 1. The molecule has 4 N–H and O–H groups in total. The minimum absolute atomic E-state index is 0.0621. The number of aromatic amines is 1. The summed E-state index contributed by atoms with van der Waals surface area (Å²) in [5.41, 5.74) is 5.70. The first-order valence-electron chi connectivity index (χ1n) is 9.84. The first kappa shape index (κ1) is 22.2. The molecule has 1 aromatic carbocycles. The molecule has 0 fully saturated rings. The summed E-state index contributed by atoms with van der Waals surface area (Å²) >= 11 is 0. The number of carbonyl (C=O) groups is 2. The van der Waals surface area contributed by atoms with Crippen molar-refractivity contribution in [2.24, 2.45) is 4.99 Å². The van der Waals surface area contributed by atoms with E-state index in [4.69, 9.17) is 10.2 Å². The fraction of sp³-hybridized carbons (Fsp3) is 0.0909. The normalized spacial score (nSPS) is 16.3. The lowest BCUT2D eigenvalue weighted by molar-refractivity contribution is -0.384. The van der Waals surface area contributed by atoms with Crippen LogP contribution in [0.15, 0.2) is 76.1 Å². The molecule has 0 bridgehead atoms. The van der Waals surface area contributed by atoms with E-state index in [2.05, 4.69) is 21.8 Å². The lowest BCUT2D eigenvalue weighted by Crippen LogP contribution is -2.37. The van der Waals surface area contributed by atoms with Gasteiger partial charge in [-0.1, -0.05) is 18.7 Å². The average molecular weight is 462 g/mol. The van der Waals surface area contributed by atoms with E-state index < -0.39 is 28.4 Å². The maximum Gasteiger partial charge on any atom is 0.295 e. The second-order valence-corrected chi connectivity index (χ2v) is 7.26. The Balaban J connectivity index is 1.95. The predicted molar refractivity (Wildman–Crippen MR) is 120 cm³/mol. The number of H-pyrrole nitrogens is 1. The van der Waals surface area contributed by atoms with Crippen molar-refractivity contribution >= 4 is 29.0 Å². The number of aliphatic hydroxyl groups excluding tert-OH is 1. The van der Waals surface area contributed by atoms with Gasteiger partial charge in [0.1, 0.15) is 17.4 Å². The van der Waals surface area contributed by atoms with E-state index in [0.29, 0.717) is 5.76 Å². The molecule has 3 heterocycles. The summed E-state index contributed by atoms with van der Waals surface area (Å²) in [5, 5.41) is 28.6. The summed E-state index contributed by atoms with van der Waals surface area (Å²) in [7, 11) is 0. The highest BCUT2D eigenvalue weighted by atomic mass is 16.6. The number of rotatable bonds is 6. The Morgan fingerprint density at radius 2 is 2.18 bits per heavy atom. The fourth-order valence-corrected chi connectivity index (χ4v) is 3.69. The van der Waals surface area contributed by atoms with Crippen LogP contribution < -0.4 is 5.73 Å². The molecule has 34 heavy (non-hydrogen) atoms. The van der Waals surface area contributed by atoms with Crippen molar-refractivity contribution in [1.29, 1.82) is 0 Å². The van der Waals surface area contributed by atoms with Gasteiger partial charge in [-0.2, -0.15) is 5.10 Å². The Bertz CT molecular complexity index is 1400. The van der Waals surface area contributed by atoms with Crippen LogP contribution in [-0.2, 0) is 4.79 Å². The van der Waals surface area contributed by atoms with Crippen LogP contribution in [0.2, 0.25) is 0 Å². The number of nitrogens with one attached hydrogen (secondary N) is 1. The Labute approximate surface area is 191 Å². The third-order valence-electron chi connectivity index (χ3n) is 5.17. The number of hydrogen-bond acceptors (Lipinski definition) is 9. The molecule has 0 spiro atoms. The summed E-state index contributed by atoms with van der Waals surface area (Å²) in [6.45, 7) is 5.18. The van der Waals surface area contributed by atoms with Gasteiger partial charge in [0.2, 0.25) is 5.78 Å². The number of carbonyl (C=O) groups excluding carboxylic acids is 2. The highest BCUT2D eigenvalue weighted by molar-refractivity contribution is 6.21. The molecule has 1 aliphatic heterocycles. The molecule has 0 saturated carbocycles. The van der Waals surface area contributed by atoms with Crippen molar-refractivity contribution < 1.29 is 24.0 Å². The van der Waals surface area contributed by atoms with E-state index >= 15 is 0 Å². The Hall–Kier alpha value is -5.00. The van der Waals surface area contributed by atoms with Crippen LogP contribution in [-0.4, -0.2) is 42.7 Å². The van der Waals surface area contributed by atoms with Crippen molar-refractivity contribution in [3.63, 3.8) is 0 Å². The zero-order valence-electron chi connectivity index (χ0n) is 17.8. The number of Topliss-reactive ketones (excluding diaryl/α,β-unsaturated/α-hetero) is 1. The van der Waals surface area contributed by atoms with Gasteiger partial charge in [0.05, 0.1) is 28.3 Å². The first-order chi connectivity index (χ1) is 16.2. The van der Waals surface area contributed by atoms with E-state index in [1.807, 2.05) is 0 Å². The lowest BCUT2D eigenvalue weighted by Gasteiger charge is -2.27. The largest absolute Gasteiger partial charge is 0.503 e. The number of benzene rings is 1. The van der Waals surface area contributed by atoms with E-state index in [-0.39, 0.29) is 39.8 Å². The smallest absolute Gasteiger partial charge is 0.295 e. The third-order valence-corrected chi connectivity index (χ3v) is 5.17. The topological polar surface area (TPSA) is 181 Å². The van der Waals surface area contributed by atoms with E-state index in [9.17, 15) is 24.8 Å². The number of anilines is 1. The molecule has 1 aliphatic rings. The van der Waals surface area contributed by atoms with Crippen LogP contribution in [0.1, 0.15) is 33.5 Å². The molecule has 4 rings (SSSR count). The number of amides is 1. The maximum atomic E-state index is 13.4. The van der Waals surface area contributed by atoms with Crippen LogP contribution in [0.4, 0.5) is 11.5 Å². The summed E-state index contributed by atoms with van der Waals surface area (Å²) in [5.74, 6) is -2.28. The summed E-state index contributed by atoms with van der Waals surface area (Å²) in [6, 6.07) is 7.02. The molecule has 2 aromatic heterocycles. The molecule has 0 aliphatic carbocycles. The number of aliphatic imine (C=N–C) groups is 1. The van der Waals surface area contributed by atoms with Crippen LogP contribution in [0.5, 0.6) is 0 Å². The van der Waals surface area contributed by atoms with Crippen molar-refractivity contribution in [3.05, 3.63) is 99.5 Å². The van der Waals surface area contributed by atoms with Crippen molar-refractivity contribution in [3.8, 4) is 0 Å². The molecular formula is C22H18N6O6. The van der Waals surface area contributed by atoms with Gasteiger partial charge in [0, 0.05) is 18.3 Å². The SMILES string of the molecule is C=CN=C(c1cn[nH]c1N)N1C(=O)C(O)=C(C(=O)c2ccc(C)o2)C1c1cccc([N+](=O)[O-])c1. The number of ketones is 1. The zero-order chi connectivity index (χ0) is 24.6. The number of nitrogens with two attached hydrogens (primary N) is 1. The highest BCUT2D eigenvalue weighted by Gasteiger charge is 2.47. The minimum Gasteiger partial charge on any atom is -0.503 e. The van der Waals surface area contributed by atoms with Gasteiger partial charge >= 0.3 is 0 Å². The second-order valence-electron chi connectivity index (χ2n) is 7.26. The molecule has 172 valence electrons. The summed E-state index contributed by atoms with van der Waals surface area (Å²) in [6.07, 6.45) is 2.45. The first-order valence-corrected chi connectivity index (χ1v) is 9.84. The van der Waals surface area contributed by atoms with Crippen molar-refractivity contribution in [1.82, 2.24) is 15.1 Å². The van der Waals surface area contributed by atoms with Gasteiger partial charge in [-0.05, 0) is 24.6 Å². The number of furan rings is 1. The average Bonchev–Trinajstić information content (AvgIpc) is 3.50. The minimum atomic E-state index is -1.29. The van der Waals surface area contributed by atoms with Crippen LogP contribution in [0.25, 0.3) is 0 Å². The van der Waals surface area contributed by atoms with Gasteiger partial charge in [-0.3, -0.25) is 29.7 Å². The molecule has 0 saturated heterocycles. The van der Waals surface area contributed by atoms with Crippen LogP contribution >= 0.6 is 0 Å². The lowest BCUT2D eigenvalue weighted by atomic mass is 9.94. The number of hydrogen-bond donors (Lipinski definition) is 3. The standard InChI is InChI=1S/C22H18N6O6/c1-3-24-21(14-10-25-26-20(14)23)27-17(12-5-4-6-13(9-12)28(32)33)16(19(30)22(27)31)18(29)15-8-7-11(2)34-15/h3-10,17,30H,1H2,2H3,(H3,23,25,26). The van der Waals surface area contributed by atoms with Crippen LogP contribution in [0.3, 0.4) is 0 Å². The van der Waals surface area contributed by atoms with Crippen molar-refractivity contribution in [2.45, 2.75) is 13.0 Å². The van der Waals surface area contributed by atoms with Gasteiger partial charge < -0.3 is 15.3 Å². The summed E-state index contributed by atoms with van der Waals surface area (Å²) < 4.78 is 5.41. The number of aryl methyl sites for hydroxylation is 1. The maximum absolute atomic E-state index is 13.4. The zero-order valence-corrected chi connectivity index (χ0v) is 17.8. The molecule has 12 heteroatoms. The Morgan fingerprint density at radius 3 is 2.76 bits per heavy atom. The van der Waals surface area contributed by atoms with Crippen molar-refractivity contribution in [2.75, 3.05) is 5.73 Å². The van der Waals surface area contributed by atoms with E-state index in [1.54, 1.807) is 13.0 Å². The predicted octanol–water partition coefficient (Wildman–Crippen LogP) is 2.97.